The standard InChI is InChI=1S/C60H89N13O21/c1-33(2)28-44(73-59(92)45(30-34-10-4-3-5-11-34)66-47(76)32-64-46(75)31-65-52(85)37(63)29-35-14-16-36(74)17-15-35)58(91)67-38(12-6-8-26-61)53(86)68-39(18-22-48(77)78)54(87)69-40(19-23-49(79)80)55(88)70-41(20-24-50(81)82)56(89)71-42(21-25-51(83)84)57(90)72-43(60(93)94)13-7-9-27-62/h3-5,10-11,14-17,33,37-45,74H,6-9,12-13,18-32,61-63H2,1-2H3,(H,64,75)(H,65,85)(H,66,76)(H,67,91)(H,68,86)(H,69,87)(H,70,88)(H,71,89)(H,72,90)(H,73,92)(H,77,78)(H,79,80)(H,81,82)(H,83,84)(H,93,94)/t37-,38-,39-,40-,41-,42-,43-,44-,45-/m0/s1. The van der Waals surface area contributed by atoms with Crippen LogP contribution in [-0.4, -0.2) is 200 Å². The second-order valence-electron chi connectivity index (χ2n) is 22.5. The lowest BCUT2D eigenvalue weighted by Crippen LogP contribution is -2.60. The number of carbonyl (C=O) groups is 15. The van der Waals surface area contributed by atoms with Crippen molar-refractivity contribution in [3.05, 3.63) is 65.7 Å². The van der Waals surface area contributed by atoms with Gasteiger partial charge in [-0.05, 0) is 119 Å². The van der Waals surface area contributed by atoms with Gasteiger partial charge in [-0.1, -0.05) is 56.3 Å². The first-order valence-electron chi connectivity index (χ1n) is 30.5. The largest absolute Gasteiger partial charge is 0.508 e. The number of rotatable bonds is 47. The smallest absolute Gasteiger partial charge is 0.326 e. The highest BCUT2D eigenvalue weighted by Crippen LogP contribution is 2.14. The van der Waals surface area contributed by atoms with Gasteiger partial charge in [-0.25, -0.2) is 4.79 Å². The van der Waals surface area contributed by atoms with Crippen LogP contribution in [0.5, 0.6) is 5.75 Å². The molecule has 9 atom stereocenters. The lowest BCUT2D eigenvalue weighted by molar-refractivity contribution is -0.143. The zero-order valence-corrected chi connectivity index (χ0v) is 52.4. The number of phenols is 1. The lowest BCUT2D eigenvalue weighted by atomic mass is 10.00. The molecule has 94 heavy (non-hydrogen) atoms. The highest BCUT2D eigenvalue weighted by atomic mass is 16.4. The monoisotopic (exact) mass is 1330 g/mol. The minimum Gasteiger partial charge on any atom is -0.508 e. The molecule has 34 nitrogen and oxygen atoms in total. The second-order valence-corrected chi connectivity index (χ2v) is 22.5. The van der Waals surface area contributed by atoms with Crippen molar-refractivity contribution in [2.75, 3.05) is 26.2 Å². The molecule has 2 aromatic carbocycles. The van der Waals surface area contributed by atoms with Crippen molar-refractivity contribution in [3.63, 3.8) is 0 Å². The van der Waals surface area contributed by atoms with Crippen molar-refractivity contribution < 1.29 is 103 Å². The molecule has 0 aliphatic rings. The SMILES string of the molecule is CC(C)C[C@H](NC(=O)[C@H](Cc1ccccc1)NC(=O)CNC(=O)CNC(=O)[C@@H](N)Cc1ccc(O)cc1)C(=O)N[C@@H](CCCCN)C(=O)N[C@@H](CCC(=O)O)C(=O)N[C@@H](CCC(=O)O)C(=O)N[C@@H](CCC(=O)O)C(=O)N[C@@H](CCC(=O)O)C(=O)N[C@@H](CCCCN)C(=O)O. The number of carboxylic acids is 5. The molecule has 0 saturated carbocycles. The number of aromatic hydroxyl groups is 1. The van der Waals surface area contributed by atoms with E-state index in [2.05, 4.69) is 53.2 Å². The molecule has 0 heterocycles. The van der Waals surface area contributed by atoms with Gasteiger partial charge in [0, 0.05) is 32.1 Å². The first kappa shape index (κ1) is 80.3. The number of benzene rings is 2. The predicted octanol–water partition coefficient (Wildman–Crippen LogP) is -3.54. The summed E-state index contributed by atoms with van der Waals surface area (Å²) in [5.41, 5.74) is 18.4. The molecule has 0 unspecified atom stereocenters. The average molecular weight is 1330 g/mol. The predicted molar refractivity (Wildman–Crippen MR) is 332 cm³/mol. The Morgan fingerprint density at radius 3 is 1.13 bits per heavy atom. The van der Waals surface area contributed by atoms with Crippen LogP contribution < -0.4 is 70.4 Å². The fourth-order valence-corrected chi connectivity index (χ4v) is 9.09. The molecule has 0 aromatic heterocycles. The number of hydrogen-bond donors (Lipinski definition) is 19. The summed E-state index contributed by atoms with van der Waals surface area (Å²) in [6, 6.07) is -0.138. The van der Waals surface area contributed by atoms with Crippen molar-refractivity contribution in [2.24, 2.45) is 23.1 Å². The van der Waals surface area contributed by atoms with E-state index in [0.717, 1.165) is 0 Å². The zero-order chi connectivity index (χ0) is 70.5. The first-order chi connectivity index (χ1) is 44.4. The summed E-state index contributed by atoms with van der Waals surface area (Å²) in [5.74, 6) is -18.0. The van der Waals surface area contributed by atoms with Gasteiger partial charge in [0.2, 0.25) is 59.1 Å². The van der Waals surface area contributed by atoms with Crippen molar-refractivity contribution in [3.8, 4) is 5.75 Å². The molecule has 0 aliphatic carbocycles. The molecular formula is C60H89N13O21. The van der Waals surface area contributed by atoms with E-state index < -0.39 is 208 Å². The molecule has 34 heteroatoms. The summed E-state index contributed by atoms with van der Waals surface area (Å²) in [5, 5.41) is 81.2. The van der Waals surface area contributed by atoms with E-state index in [9.17, 15) is 103 Å². The number of nitrogens with two attached hydrogens (primary N) is 3. The van der Waals surface area contributed by atoms with E-state index in [0.29, 0.717) is 24.0 Å². The molecule has 0 saturated heterocycles. The highest BCUT2D eigenvalue weighted by Gasteiger charge is 2.36. The third-order valence-electron chi connectivity index (χ3n) is 14.1. The van der Waals surface area contributed by atoms with Crippen LogP contribution in [0, 0.1) is 5.92 Å². The molecule has 0 aliphatic heterocycles. The molecular weight excluding hydrogens is 1240 g/mol. The fraction of sp³-hybridized carbons (Fsp3) is 0.550. The average Bonchev–Trinajstić information content (AvgIpc) is 0.927. The second kappa shape index (κ2) is 43.1. The van der Waals surface area contributed by atoms with Crippen molar-refractivity contribution >= 4 is 88.9 Å². The van der Waals surface area contributed by atoms with Crippen LogP contribution in [0.1, 0.15) is 121 Å². The maximum Gasteiger partial charge on any atom is 0.326 e. The van der Waals surface area contributed by atoms with Gasteiger partial charge >= 0.3 is 29.8 Å². The number of nitrogens with one attached hydrogen (secondary N) is 10. The lowest BCUT2D eigenvalue weighted by Gasteiger charge is -2.28. The number of hydrogen-bond acceptors (Lipinski definition) is 19. The summed E-state index contributed by atoms with van der Waals surface area (Å²) in [6.45, 7) is 2.50. The van der Waals surface area contributed by atoms with E-state index in [1.54, 1.807) is 56.3 Å². The third kappa shape index (κ3) is 33.0. The normalized spacial score (nSPS) is 13.8. The van der Waals surface area contributed by atoms with Crippen LogP contribution in [-0.2, 0) is 84.8 Å². The topological polar surface area (TPSA) is 576 Å². The molecule has 0 fully saturated rings. The molecule has 22 N–H and O–H groups in total. The van der Waals surface area contributed by atoms with Gasteiger partial charge in [0.05, 0.1) is 19.1 Å². The highest BCUT2D eigenvalue weighted by molar-refractivity contribution is 5.99. The van der Waals surface area contributed by atoms with Crippen LogP contribution in [0.25, 0.3) is 0 Å². The Labute approximate surface area is 541 Å². The Balaban J connectivity index is 2.43. The number of unbranched alkanes of at least 4 members (excludes halogenated alkanes) is 2. The number of carbonyl (C=O) groups excluding carboxylic acids is 10. The summed E-state index contributed by atoms with van der Waals surface area (Å²) in [6.07, 6.45) is -5.36. The maximum atomic E-state index is 14.4. The Morgan fingerprint density at radius 1 is 0.383 bits per heavy atom. The summed E-state index contributed by atoms with van der Waals surface area (Å²) < 4.78 is 0. The van der Waals surface area contributed by atoms with Crippen molar-refractivity contribution in [1.82, 2.24) is 53.2 Å². The molecule has 520 valence electrons. The molecule has 2 rings (SSSR count). The first-order valence-corrected chi connectivity index (χ1v) is 30.5. The molecule has 0 spiro atoms. The molecule has 0 bridgehead atoms. The Hall–Kier alpha value is -9.83. The quantitative estimate of drug-likeness (QED) is 0.0286. The molecule has 2 aromatic rings. The number of phenolic OH excluding ortho intramolecular Hbond substituents is 1. The summed E-state index contributed by atoms with van der Waals surface area (Å²) >= 11 is 0. The molecule has 0 radical (unpaired) electrons. The van der Waals surface area contributed by atoms with Gasteiger partial charge in [-0.3, -0.25) is 67.1 Å². The summed E-state index contributed by atoms with van der Waals surface area (Å²) in [4.78, 5) is 196. The number of carboxylic acid groups (broad SMARTS) is 5. The van der Waals surface area contributed by atoms with Gasteiger partial charge < -0.3 is 101 Å². The van der Waals surface area contributed by atoms with E-state index >= 15 is 0 Å². The van der Waals surface area contributed by atoms with E-state index in [4.69, 9.17) is 17.2 Å². The number of aliphatic carboxylic acids is 5. The maximum absolute atomic E-state index is 14.4. The van der Waals surface area contributed by atoms with Gasteiger partial charge in [0.25, 0.3) is 0 Å². The van der Waals surface area contributed by atoms with Crippen LogP contribution >= 0.6 is 0 Å². The van der Waals surface area contributed by atoms with Crippen LogP contribution in [0.15, 0.2) is 54.6 Å². The Bertz CT molecular complexity index is 2900. The van der Waals surface area contributed by atoms with Gasteiger partial charge in [0.1, 0.15) is 54.1 Å². The molecule has 10 amide bonds. The van der Waals surface area contributed by atoms with E-state index in [1.807, 2.05) is 0 Å². The Kier molecular flexibility index (Phi) is 36.8. The van der Waals surface area contributed by atoms with Gasteiger partial charge in [-0.15, -0.1) is 0 Å². The Morgan fingerprint density at radius 2 is 0.734 bits per heavy atom. The minimum atomic E-state index is -1.95. The van der Waals surface area contributed by atoms with Crippen LogP contribution in [0.4, 0.5) is 0 Å². The zero-order valence-electron chi connectivity index (χ0n) is 52.4. The number of amides is 10. The minimum absolute atomic E-state index is 0.0142. The third-order valence-corrected chi connectivity index (χ3v) is 14.1. The van der Waals surface area contributed by atoms with E-state index in [-0.39, 0.29) is 69.7 Å². The fourth-order valence-electron chi connectivity index (χ4n) is 9.09. The van der Waals surface area contributed by atoms with Gasteiger partial charge in [-0.2, -0.15) is 0 Å². The van der Waals surface area contributed by atoms with Crippen LogP contribution in [0.2, 0.25) is 0 Å². The van der Waals surface area contributed by atoms with Crippen LogP contribution in [0.3, 0.4) is 0 Å². The van der Waals surface area contributed by atoms with Gasteiger partial charge in [0.15, 0.2) is 0 Å². The summed E-state index contributed by atoms with van der Waals surface area (Å²) in [7, 11) is 0. The van der Waals surface area contributed by atoms with Crippen molar-refractivity contribution in [2.45, 2.75) is 177 Å². The van der Waals surface area contributed by atoms with E-state index in [1.165, 1.54) is 12.1 Å². The van der Waals surface area contributed by atoms with Crippen molar-refractivity contribution in [1.29, 1.82) is 0 Å².